The average Bonchev–Trinajstić information content (AvgIpc) is 1.61. The molecule has 0 N–H and O–H groups in total. The maximum Gasteiger partial charge on any atom is 0.187 e. The predicted octanol–water partition coefficient (Wildman–Crippen LogP) is 3.84. The maximum absolute atomic E-state index is 5.06. The van der Waals surface area contributed by atoms with E-state index in [2.05, 4.69) is 0 Å². The van der Waals surface area contributed by atoms with E-state index < -0.39 is 3.79 Å². The van der Waals surface area contributed by atoms with Gasteiger partial charge in [-0.25, -0.2) is 0 Å². The Bertz CT molecular complexity index is 39.4. The highest BCUT2D eigenvalue weighted by Gasteiger charge is 2.07. The van der Waals surface area contributed by atoms with E-state index in [1.54, 1.807) is 0 Å². The second kappa shape index (κ2) is 7.56. The molecular formula is C4H7Cl5. The van der Waals surface area contributed by atoms with Crippen LogP contribution < -0.4 is 0 Å². The number of rotatable bonds is 1. The minimum atomic E-state index is -1.08. The minimum Gasteiger partial charge on any atom is -0.125 e. The molecule has 0 aromatic rings. The summed E-state index contributed by atoms with van der Waals surface area (Å²) in [6, 6.07) is 0. The number of halogens is 5. The molecule has 0 aliphatic rings. The molecule has 0 radical (unpaired) electrons. The summed E-state index contributed by atoms with van der Waals surface area (Å²) in [7, 11) is 0. The molecule has 0 aromatic carbocycles. The molecule has 0 spiro atoms. The van der Waals surface area contributed by atoms with Crippen LogP contribution in [0.4, 0.5) is 0 Å². The van der Waals surface area contributed by atoms with Crippen LogP contribution in [0.3, 0.4) is 0 Å². The lowest BCUT2D eigenvalue weighted by Gasteiger charge is -1.94. The van der Waals surface area contributed by atoms with E-state index in [0.29, 0.717) is 11.8 Å². The smallest absolute Gasteiger partial charge is 0.125 e. The molecule has 9 heavy (non-hydrogen) atoms. The summed E-state index contributed by atoms with van der Waals surface area (Å²) in [5, 5.41) is 0. The molecule has 0 heterocycles. The normalized spacial score (nSPS) is 10.0. The third-order valence-electron chi connectivity index (χ3n) is 0.0714. The molecule has 0 aliphatic carbocycles. The Morgan fingerprint density at radius 1 is 1.00 bits per heavy atom. The molecular weight excluding hydrogens is 225 g/mol. The second-order valence-corrected chi connectivity index (χ2v) is 4.76. The monoisotopic (exact) mass is 230 g/mol. The van der Waals surface area contributed by atoms with Gasteiger partial charge in [0.25, 0.3) is 0 Å². The molecule has 0 fully saturated rings. The van der Waals surface area contributed by atoms with E-state index >= 15 is 0 Å². The van der Waals surface area contributed by atoms with Crippen molar-refractivity contribution in [3.05, 3.63) is 0 Å². The number of hydrogen-bond acceptors (Lipinski definition) is 0. The van der Waals surface area contributed by atoms with E-state index in [0.717, 1.165) is 0 Å². The summed E-state index contributed by atoms with van der Waals surface area (Å²) in [4.78, 5) is 0. The Morgan fingerprint density at radius 2 is 1.11 bits per heavy atom. The summed E-state index contributed by atoms with van der Waals surface area (Å²) < 4.78 is -1.08. The van der Waals surface area contributed by atoms with Crippen LogP contribution in [0.2, 0.25) is 0 Å². The van der Waals surface area contributed by atoms with Crippen molar-refractivity contribution in [3.63, 3.8) is 0 Å². The van der Waals surface area contributed by atoms with Gasteiger partial charge < -0.3 is 0 Å². The Balaban J connectivity index is 0. The van der Waals surface area contributed by atoms with Gasteiger partial charge in [-0.15, -0.1) is 23.2 Å². The van der Waals surface area contributed by atoms with Crippen LogP contribution in [0.5, 0.6) is 0 Å². The second-order valence-electron chi connectivity index (χ2n) is 1.16. The van der Waals surface area contributed by atoms with Gasteiger partial charge in [-0.05, 0) is 6.92 Å². The zero-order valence-corrected chi connectivity index (χ0v) is 8.58. The molecule has 0 unspecified atom stereocenters. The molecule has 0 nitrogen and oxygen atoms in total. The van der Waals surface area contributed by atoms with Crippen LogP contribution in [-0.4, -0.2) is 15.6 Å². The quantitative estimate of drug-likeness (QED) is 0.603. The van der Waals surface area contributed by atoms with E-state index in [1.165, 1.54) is 6.92 Å². The Morgan fingerprint density at radius 3 is 1.11 bits per heavy atom. The first-order chi connectivity index (χ1) is 3.91. The van der Waals surface area contributed by atoms with Crippen LogP contribution in [0, 0.1) is 0 Å². The van der Waals surface area contributed by atoms with Gasteiger partial charge in [0.05, 0.1) is 0 Å². The number of alkyl halides is 5. The maximum atomic E-state index is 5.06. The average molecular weight is 232 g/mol. The summed E-state index contributed by atoms with van der Waals surface area (Å²) in [5.41, 5.74) is 0. The molecule has 0 atom stereocenters. The SMILES string of the molecule is CC(Cl)(Cl)Cl.ClCCCl. The molecule has 0 bridgehead atoms. The van der Waals surface area contributed by atoms with Crippen molar-refractivity contribution in [1.82, 2.24) is 0 Å². The third-order valence-corrected chi connectivity index (χ3v) is 0.643. The highest BCUT2D eigenvalue weighted by atomic mass is 35.6. The molecule has 5 heteroatoms. The fourth-order valence-electron chi connectivity index (χ4n) is 0. The van der Waals surface area contributed by atoms with E-state index in [-0.39, 0.29) is 0 Å². The first-order valence-corrected chi connectivity index (χ1v) is 4.30. The Hall–Kier alpha value is 1.45. The van der Waals surface area contributed by atoms with E-state index in [9.17, 15) is 0 Å². The molecule has 0 rings (SSSR count). The highest BCUT2D eigenvalue weighted by Crippen LogP contribution is 2.23. The lowest BCUT2D eigenvalue weighted by atomic mass is 10.9. The molecule has 58 valence electrons. The van der Waals surface area contributed by atoms with Gasteiger partial charge in [0, 0.05) is 11.8 Å². The summed E-state index contributed by atoms with van der Waals surface area (Å²) in [5.74, 6) is 1.11. The standard InChI is InChI=1S/C2H3Cl3.C2H4Cl2/c1-2(3,4)5;3-1-2-4/h1H3;1-2H2. The van der Waals surface area contributed by atoms with Crippen molar-refractivity contribution in [2.45, 2.75) is 10.7 Å². The van der Waals surface area contributed by atoms with Crippen LogP contribution in [0.1, 0.15) is 6.92 Å². The fourth-order valence-corrected chi connectivity index (χ4v) is 0. The highest BCUT2D eigenvalue weighted by molar-refractivity contribution is 6.67. The number of hydrogen-bond donors (Lipinski definition) is 0. The Labute approximate surface area is 80.4 Å². The first-order valence-electron chi connectivity index (χ1n) is 2.10. The first kappa shape index (κ1) is 13.1. The topological polar surface area (TPSA) is 0 Å². The van der Waals surface area contributed by atoms with Crippen molar-refractivity contribution in [2.75, 3.05) is 11.8 Å². The van der Waals surface area contributed by atoms with Crippen molar-refractivity contribution >= 4 is 58.0 Å². The zero-order chi connectivity index (χ0) is 7.91. The van der Waals surface area contributed by atoms with Crippen LogP contribution in [0.15, 0.2) is 0 Å². The van der Waals surface area contributed by atoms with Gasteiger partial charge >= 0.3 is 0 Å². The van der Waals surface area contributed by atoms with Crippen LogP contribution in [-0.2, 0) is 0 Å². The molecule has 0 amide bonds. The molecule has 0 aliphatic heterocycles. The van der Waals surface area contributed by atoms with Gasteiger partial charge in [-0.1, -0.05) is 34.8 Å². The lowest BCUT2D eigenvalue weighted by molar-refractivity contribution is 1.27. The van der Waals surface area contributed by atoms with Gasteiger partial charge in [0.2, 0.25) is 0 Å². The minimum absolute atomic E-state index is 0.557. The molecule has 0 saturated heterocycles. The van der Waals surface area contributed by atoms with Crippen molar-refractivity contribution in [2.24, 2.45) is 0 Å². The van der Waals surface area contributed by atoms with Crippen LogP contribution in [0.25, 0.3) is 0 Å². The summed E-state index contributed by atoms with van der Waals surface area (Å²) >= 11 is 25.3. The molecule has 0 saturated carbocycles. The molecule has 0 aromatic heterocycles. The van der Waals surface area contributed by atoms with Gasteiger partial charge in [0.15, 0.2) is 3.79 Å². The van der Waals surface area contributed by atoms with Crippen molar-refractivity contribution in [1.29, 1.82) is 0 Å². The largest absolute Gasteiger partial charge is 0.187 e. The van der Waals surface area contributed by atoms with Gasteiger partial charge in [-0.2, -0.15) is 0 Å². The van der Waals surface area contributed by atoms with E-state index in [1.807, 2.05) is 0 Å². The predicted molar refractivity (Wildman–Crippen MR) is 47.4 cm³/mol. The summed E-state index contributed by atoms with van der Waals surface area (Å²) in [6.45, 7) is 1.48. The lowest BCUT2D eigenvalue weighted by Crippen LogP contribution is -1.87. The van der Waals surface area contributed by atoms with E-state index in [4.69, 9.17) is 58.0 Å². The third kappa shape index (κ3) is 87.4. The van der Waals surface area contributed by atoms with Gasteiger partial charge in [0.1, 0.15) is 0 Å². The fraction of sp³-hybridized carbons (Fsp3) is 1.00. The zero-order valence-electron chi connectivity index (χ0n) is 4.80. The Kier molecular flexibility index (Phi) is 11.0. The van der Waals surface area contributed by atoms with Gasteiger partial charge in [-0.3, -0.25) is 0 Å². The van der Waals surface area contributed by atoms with Crippen LogP contribution >= 0.6 is 58.0 Å². The van der Waals surface area contributed by atoms with Crippen molar-refractivity contribution < 1.29 is 0 Å². The summed E-state index contributed by atoms with van der Waals surface area (Å²) in [6.07, 6.45) is 0. The van der Waals surface area contributed by atoms with Crippen molar-refractivity contribution in [3.8, 4) is 0 Å².